The maximum atomic E-state index is 2.58. The van der Waals surface area contributed by atoms with Crippen molar-refractivity contribution in [3.63, 3.8) is 0 Å². The van der Waals surface area contributed by atoms with E-state index in [4.69, 9.17) is 0 Å². The van der Waals surface area contributed by atoms with E-state index in [0.717, 1.165) is 0 Å². The van der Waals surface area contributed by atoms with Gasteiger partial charge in [0.1, 0.15) is 26.6 Å². The van der Waals surface area contributed by atoms with Crippen molar-refractivity contribution < 1.29 is 32.4 Å². The monoisotopic (exact) mass is 472 g/mol. The summed E-state index contributed by atoms with van der Waals surface area (Å²) in [6.45, 7) is 8.34. The Bertz CT molecular complexity index is 456. The van der Waals surface area contributed by atoms with Crippen molar-refractivity contribution in [2.75, 3.05) is 40.0 Å². The molecule has 120 valence electrons. The second-order valence-corrected chi connectivity index (χ2v) is 7.11. The van der Waals surface area contributed by atoms with Crippen molar-refractivity contribution in [2.45, 2.75) is 6.54 Å². The van der Waals surface area contributed by atoms with E-state index >= 15 is 0 Å². The Morgan fingerprint density at radius 3 is 1.86 bits per heavy atom. The van der Waals surface area contributed by atoms with E-state index in [1.165, 1.54) is 60.2 Å². The first-order valence-electron chi connectivity index (χ1n) is 6.48. The summed E-state index contributed by atoms with van der Waals surface area (Å²) in [6, 6.07) is 8.82. The summed E-state index contributed by atoms with van der Waals surface area (Å²) in [5, 5.41) is 0. The van der Waals surface area contributed by atoms with Crippen molar-refractivity contribution in [3.8, 4) is 0 Å². The summed E-state index contributed by atoms with van der Waals surface area (Å²) in [4.78, 5) is 7.73. The fraction of sp³-hybridized carbons (Fsp3) is 0.538. The summed E-state index contributed by atoms with van der Waals surface area (Å²) in [5.74, 6) is 0. The highest BCUT2D eigenvalue weighted by atomic mass is 127. The van der Waals surface area contributed by atoms with Crippen LogP contribution < -0.4 is 17.0 Å². The molecule has 4 N–H and O–H groups in total. The second kappa shape index (κ2) is 7.18. The summed E-state index contributed by atoms with van der Waals surface area (Å²) in [7, 11) is 0. The smallest absolute Gasteiger partial charge is 0.139 e. The zero-order valence-corrected chi connectivity index (χ0v) is 15.5. The number of hydrogen-bond acceptors (Lipinski definition) is 3. The fourth-order valence-electron chi connectivity index (χ4n) is 3.80. The second-order valence-electron chi connectivity index (χ2n) is 5.95. The first kappa shape index (κ1) is 19.2. The Morgan fingerprint density at radius 2 is 1.38 bits per heavy atom. The van der Waals surface area contributed by atoms with E-state index in [1.54, 1.807) is 0 Å². The van der Waals surface area contributed by atoms with Crippen LogP contribution in [0.5, 0.6) is 0 Å². The zero-order chi connectivity index (χ0) is 12.2. The molecule has 1 aromatic rings. The Hall–Kier alpha value is 0.190. The third-order valence-corrected chi connectivity index (χ3v) is 5.22. The molecule has 4 bridgehead atoms. The molecule has 0 amide bonds. The molecule has 4 saturated heterocycles. The molecule has 4 heterocycles. The molecule has 1 aromatic carbocycles. The van der Waals surface area contributed by atoms with E-state index in [0.29, 0.717) is 0 Å². The molecule has 8 heteroatoms. The molecule has 0 radical (unpaired) electrons. The molecule has 0 spiro atoms. The van der Waals surface area contributed by atoms with Crippen LogP contribution in [0.4, 0.5) is 0 Å². The minimum atomic E-state index is 0. The molecular weight excluding hydrogens is 451 g/mol. The molecule has 21 heavy (non-hydrogen) atoms. The number of hydrogen-bond donors (Lipinski definition) is 0. The number of halogens is 2. The van der Waals surface area contributed by atoms with Crippen LogP contribution >= 0.6 is 22.6 Å². The molecule has 0 aromatic heterocycles. The van der Waals surface area contributed by atoms with Crippen LogP contribution in [0.25, 0.3) is 0 Å². The van der Waals surface area contributed by atoms with Gasteiger partial charge < -0.3 is 27.9 Å². The highest BCUT2D eigenvalue weighted by Crippen LogP contribution is 2.31. The standard InChI is InChI=1S/C13H18IN4.BrH.2H2O/c14-13-4-2-1-3-12(13)5-18-9-15-6-16(10-18)8-17(7-15)11-18;;;/h1-4H,5-11H2;1H;2*1H2/q+1;;;/p-1. The lowest BCUT2D eigenvalue weighted by Crippen LogP contribution is -3.00. The van der Waals surface area contributed by atoms with Gasteiger partial charge in [-0.1, -0.05) is 18.2 Å². The molecule has 0 atom stereocenters. The third-order valence-electron chi connectivity index (χ3n) is 4.16. The van der Waals surface area contributed by atoms with Gasteiger partial charge in [-0.15, -0.1) is 0 Å². The maximum absolute atomic E-state index is 2.58. The van der Waals surface area contributed by atoms with Crippen molar-refractivity contribution in [1.29, 1.82) is 0 Å². The molecule has 4 aliphatic heterocycles. The molecular formula is C13H22BrIN4O2. The van der Waals surface area contributed by atoms with E-state index in [9.17, 15) is 0 Å². The molecule has 4 aliphatic rings. The normalized spacial score (nSPS) is 35.4. The van der Waals surface area contributed by atoms with Gasteiger partial charge >= 0.3 is 0 Å². The largest absolute Gasteiger partial charge is 1.00 e. The lowest BCUT2D eigenvalue weighted by Gasteiger charge is -2.60. The van der Waals surface area contributed by atoms with Crippen LogP contribution in [0, 0.1) is 3.57 Å². The molecule has 0 saturated carbocycles. The average Bonchev–Trinajstić information content (AvgIpc) is 2.30. The maximum Gasteiger partial charge on any atom is 0.139 e. The number of nitrogens with zero attached hydrogens (tertiary/aromatic N) is 4. The predicted octanol–water partition coefficient (Wildman–Crippen LogP) is -3.35. The van der Waals surface area contributed by atoms with Gasteiger partial charge in [-0.05, 0) is 28.7 Å². The van der Waals surface area contributed by atoms with E-state index < -0.39 is 0 Å². The van der Waals surface area contributed by atoms with Gasteiger partial charge in [0, 0.05) is 9.13 Å². The molecule has 4 fully saturated rings. The summed E-state index contributed by atoms with van der Waals surface area (Å²) in [6.07, 6.45) is 0. The Balaban J connectivity index is 0.000000735. The van der Waals surface area contributed by atoms with Crippen molar-refractivity contribution in [2.24, 2.45) is 0 Å². The number of quaternary nitrogens is 1. The van der Waals surface area contributed by atoms with Gasteiger partial charge in [0.25, 0.3) is 0 Å². The highest BCUT2D eigenvalue weighted by Gasteiger charge is 2.48. The van der Waals surface area contributed by atoms with Crippen LogP contribution in [0.15, 0.2) is 24.3 Å². The number of rotatable bonds is 2. The van der Waals surface area contributed by atoms with Crippen molar-refractivity contribution >= 4 is 22.6 Å². The minimum Gasteiger partial charge on any atom is -1.00 e. The fourth-order valence-corrected chi connectivity index (χ4v) is 4.35. The van der Waals surface area contributed by atoms with Gasteiger partial charge in [-0.25, -0.2) is 14.7 Å². The SMILES string of the molecule is Ic1ccccc1C[N+]12CN3CN(CN(C3)C1)C2.O.O.[Br-]. The summed E-state index contributed by atoms with van der Waals surface area (Å²) in [5.41, 5.74) is 1.50. The lowest BCUT2D eigenvalue weighted by atomic mass is 10.1. The zero-order valence-electron chi connectivity index (χ0n) is 11.8. The Labute approximate surface area is 149 Å². The molecule has 5 rings (SSSR count). The van der Waals surface area contributed by atoms with Crippen molar-refractivity contribution in [1.82, 2.24) is 14.7 Å². The van der Waals surface area contributed by atoms with Gasteiger partial charge in [0.05, 0.1) is 20.0 Å². The van der Waals surface area contributed by atoms with Crippen LogP contribution in [0.1, 0.15) is 5.56 Å². The van der Waals surface area contributed by atoms with Crippen LogP contribution in [0.3, 0.4) is 0 Å². The topological polar surface area (TPSA) is 72.7 Å². The van der Waals surface area contributed by atoms with E-state index in [2.05, 4.69) is 61.6 Å². The molecule has 0 unspecified atom stereocenters. The summed E-state index contributed by atoms with van der Waals surface area (Å²) < 4.78 is 2.60. The molecule has 6 nitrogen and oxygen atoms in total. The molecule has 0 aliphatic carbocycles. The van der Waals surface area contributed by atoms with Crippen LogP contribution in [0.2, 0.25) is 0 Å². The number of benzene rings is 1. The van der Waals surface area contributed by atoms with Crippen LogP contribution in [-0.2, 0) is 6.54 Å². The van der Waals surface area contributed by atoms with Crippen LogP contribution in [-0.4, -0.2) is 70.1 Å². The van der Waals surface area contributed by atoms with E-state index in [1.807, 2.05) is 0 Å². The third kappa shape index (κ3) is 3.58. The van der Waals surface area contributed by atoms with Crippen molar-refractivity contribution in [3.05, 3.63) is 33.4 Å². The minimum absolute atomic E-state index is 0. The predicted molar refractivity (Wildman–Crippen MR) is 85.1 cm³/mol. The van der Waals surface area contributed by atoms with Gasteiger partial charge in [0.15, 0.2) is 0 Å². The first-order chi connectivity index (χ1) is 8.72. The van der Waals surface area contributed by atoms with Gasteiger partial charge in [-0.3, -0.25) is 4.48 Å². The lowest BCUT2D eigenvalue weighted by molar-refractivity contribution is -0.991. The quantitative estimate of drug-likeness (QED) is 0.333. The van der Waals surface area contributed by atoms with Gasteiger partial charge in [-0.2, -0.15) is 0 Å². The Kier molecular flexibility index (Phi) is 6.57. The highest BCUT2D eigenvalue weighted by molar-refractivity contribution is 14.1. The Morgan fingerprint density at radius 1 is 0.905 bits per heavy atom. The first-order valence-corrected chi connectivity index (χ1v) is 7.56. The van der Waals surface area contributed by atoms with E-state index in [-0.39, 0.29) is 27.9 Å². The average molecular weight is 473 g/mol. The van der Waals surface area contributed by atoms with Gasteiger partial charge in [0.2, 0.25) is 0 Å². The summed E-state index contributed by atoms with van der Waals surface area (Å²) >= 11 is 2.47.